The number of halogens is 1. The van der Waals surface area contributed by atoms with Crippen LogP contribution in [-0.4, -0.2) is 11.1 Å². The highest BCUT2D eigenvalue weighted by atomic mass is 79.9. The van der Waals surface area contributed by atoms with Crippen LogP contribution in [0.4, 0.5) is 0 Å². The summed E-state index contributed by atoms with van der Waals surface area (Å²) in [5.41, 5.74) is 0.0737. The molecule has 2 nitrogen and oxygen atoms in total. The first kappa shape index (κ1) is 12.2. The summed E-state index contributed by atoms with van der Waals surface area (Å²) in [6.45, 7) is 3.78. The first-order chi connectivity index (χ1) is 7.00. The molecule has 1 aromatic rings. The van der Waals surface area contributed by atoms with E-state index in [1.807, 2.05) is 31.2 Å². The average Bonchev–Trinajstić information content (AvgIpc) is 2.17. The van der Waals surface area contributed by atoms with Crippen LogP contribution in [0.15, 0.2) is 28.7 Å². The Hall–Kier alpha value is -0.830. The molecule has 1 aromatic carbocycles. The Morgan fingerprint density at radius 3 is 2.67 bits per heavy atom. The quantitative estimate of drug-likeness (QED) is 0.908. The number of carboxylic acid groups (broad SMARTS) is 1. The number of hydrogen-bond donors (Lipinski definition) is 1. The van der Waals surface area contributed by atoms with Crippen molar-refractivity contribution >= 4 is 21.9 Å². The van der Waals surface area contributed by atoms with Gasteiger partial charge in [-0.1, -0.05) is 41.4 Å². The second kappa shape index (κ2) is 4.79. The summed E-state index contributed by atoms with van der Waals surface area (Å²) in [5, 5.41) is 9.29. The third kappa shape index (κ3) is 2.59. The number of carbonyl (C=O) groups is 1. The van der Waals surface area contributed by atoms with E-state index in [1.165, 1.54) is 0 Å². The van der Waals surface area contributed by atoms with Crippen molar-refractivity contribution in [3.63, 3.8) is 0 Å². The van der Waals surface area contributed by atoms with Crippen LogP contribution in [0.2, 0.25) is 0 Å². The van der Waals surface area contributed by atoms with E-state index in [-0.39, 0.29) is 0 Å². The molecule has 82 valence electrons. The molecule has 0 aliphatic rings. The third-order valence-electron chi connectivity index (χ3n) is 2.68. The van der Waals surface area contributed by atoms with Crippen LogP contribution >= 0.6 is 15.9 Å². The molecular formula is C12H15BrO2. The van der Waals surface area contributed by atoms with Crippen LogP contribution in [0.25, 0.3) is 0 Å². The number of aliphatic carboxylic acids is 1. The van der Waals surface area contributed by atoms with Gasteiger partial charge in [0, 0.05) is 4.47 Å². The van der Waals surface area contributed by atoms with Crippen LogP contribution in [0, 0.1) is 0 Å². The van der Waals surface area contributed by atoms with Crippen molar-refractivity contribution in [2.45, 2.75) is 32.1 Å². The van der Waals surface area contributed by atoms with Gasteiger partial charge in [0.1, 0.15) is 0 Å². The smallest absolute Gasteiger partial charge is 0.313 e. The van der Waals surface area contributed by atoms with Gasteiger partial charge in [-0.3, -0.25) is 4.79 Å². The van der Waals surface area contributed by atoms with E-state index in [9.17, 15) is 9.90 Å². The molecule has 0 amide bonds. The van der Waals surface area contributed by atoms with Gasteiger partial charge in [-0.2, -0.15) is 0 Å². The molecule has 0 radical (unpaired) electrons. The lowest BCUT2D eigenvalue weighted by atomic mass is 9.79. The fourth-order valence-electron chi connectivity index (χ4n) is 1.71. The SMILES string of the molecule is CCCC(C)(C(=O)O)c1cccc(Br)c1. The van der Waals surface area contributed by atoms with Gasteiger partial charge in [-0.15, -0.1) is 0 Å². The summed E-state index contributed by atoms with van der Waals surface area (Å²) in [6, 6.07) is 7.52. The summed E-state index contributed by atoms with van der Waals surface area (Å²) in [4.78, 5) is 11.3. The van der Waals surface area contributed by atoms with Crippen molar-refractivity contribution in [3.8, 4) is 0 Å². The van der Waals surface area contributed by atoms with Crippen molar-refractivity contribution < 1.29 is 9.90 Å². The number of carboxylic acids is 1. The normalized spacial score (nSPS) is 14.6. The van der Waals surface area contributed by atoms with E-state index in [0.29, 0.717) is 6.42 Å². The summed E-state index contributed by atoms with van der Waals surface area (Å²) < 4.78 is 0.920. The lowest BCUT2D eigenvalue weighted by Crippen LogP contribution is -2.32. The molecule has 1 rings (SSSR count). The minimum absolute atomic E-state index is 0.652. The molecule has 1 atom stereocenters. The predicted molar refractivity (Wildman–Crippen MR) is 64.0 cm³/mol. The maximum atomic E-state index is 11.3. The van der Waals surface area contributed by atoms with Crippen molar-refractivity contribution in [2.24, 2.45) is 0 Å². The molecule has 1 unspecified atom stereocenters. The molecule has 0 saturated heterocycles. The van der Waals surface area contributed by atoms with Gasteiger partial charge in [0.25, 0.3) is 0 Å². The highest BCUT2D eigenvalue weighted by Crippen LogP contribution is 2.30. The molecule has 0 spiro atoms. The molecule has 0 aliphatic carbocycles. The Morgan fingerprint density at radius 1 is 1.53 bits per heavy atom. The van der Waals surface area contributed by atoms with E-state index < -0.39 is 11.4 Å². The van der Waals surface area contributed by atoms with E-state index in [1.54, 1.807) is 6.92 Å². The minimum Gasteiger partial charge on any atom is -0.481 e. The second-order valence-corrected chi connectivity index (χ2v) is 4.81. The van der Waals surface area contributed by atoms with E-state index in [0.717, 1.165) is 16.5 Å². The Kier molecular flexibility index (Phi) is 3.91. The van der Waals surface area contributed by atoms with Crippen LogP contribution in [0.3, 0.4) is 0 Å². The van der Waals surface area contributed by atoms with Crippen molar-refractivity contribution in [3.05, 3.63) is 34.3 Å². The van der Waals surface area contributed by atoms with Gasteiger partial charge in [-0.05, 0) is 31.0 Å². The van der Waals surface area contributed by atoms with Crippen molar-refractivity contribution in [1.82, 2.24) is 0 Å². The van der Waals surface area contributed by atoms with Gasteiger partial charge in [-0.25, -0.2) is 0 Å². The Balaban J connectivity index is 3.15. The van der Waals surface area contributed by atoms with Crippen LogP contribution in [-0.2, 0) is 10.2 Å². The average molecular weight is 271 g/mol. The molecule has 0 aromatic heterocycles. The highest BCUT2D eigenvalue weighted by molar-refractivity contribution is 9.10. The lowest BCUT2D eigenvalue weighted by Gasteiger charge is -2.24. The van der Waals surface area contributed by atoms with E-state index >= 15 is 0 Å². The molecule has 15 heavy (non-hydrogen) atoms. The topological polar surface area (TPSA) is 37.3 Å². The Labute approximate surface area is 98.4 Å². The van der Waals surface area contributed by atoms with Gasteiger partial charge in [0.15, 0.2) is 0 Å². The zero-order valence-corrected chi connectivity index (χ0v) is 10.5. The Bertz CT molecular complexity index is 362. The zero-order chi connectivity index (χ0) is 11.5. The van der Waals surface area contributed by atoms with E-state index in [4.69, 9.17) is 0 Å². The number of rotatable bonds is 4. The summed E-state index contributed by atoms with van der Waals surface area (Å²) in [6.07, 6.45) is 1.51. The standard InChI is InChI=1S/C12H15BrO2/c1-3-7-12(2,11(14)15)9-5-4-6-10(13)8-9/h4-6,8H,3,7H2,1-2H3,(H,14,15). The maximum absolute atomic E-state index is 11.3. The zero-order valence-electron chi connectivity index (χ0n) is 8.96. The largest absolute Gasteiger partial charge is 0.481 e. The molecule has 0 fully saturated rings. The summed E-state index contributed by atoms with van der Waals surface area (Å²) in [7, 11) is 0. The monoisotopic (exact) mass is 270 g/mol. The van der Waals surface area contributed by atoms with Crippen LogP contribution in [0.1, 0.15) is 32.3 Å². The molecule has 3 heteroatoms. The Morgan fingerprint density at radius 2 is 2.20 bits per heavy atom. The van der Waals surface area contributed by atoms with Crippen LogP contribution in [0.5, 0.6) is 0 Å². The fourth-order valence-corrected chi connectivity index (χ4v) is 2.11. The predicted octanol–water partition coefficient (Wildman–Crippen LogP) is 3.59. The number of hydrogen-bond acceptors (Lipinski definition) is 1. The second-order valence-electron chi connectivity index (χ2n) is 3.90. The first-order valence-electron chi connectivity index (χ1n) is 5.00. The first-order valence-corrected chi connectivity index (χ1v) is 5.79. The highest BCUT2D eigenvalue weighted by Gasteiger charge is 2.34. The third-order valence-corrected chi connectivity index (χ3v) is 3.18. The maximum Gasteiger partial charge on any atom is 0.313 e. The number of benzene rings is 1. The lowest BCUT2D eigenvalue weighted by molar-refractivity contribution is -0.143. The molecule has 0 bridgehead atoms. The molecule has 1 N–H and O–H groups in total. The minimum atomic E-state index is -0.779. The molecular weight excluding hydrogens is 256 g/mol. The molecule has 0 aliphatic heterocycles. The van der Waals surface area contributed by atoms with Gasteiger partial charge < -0.3 is 5.11 Å². The summed E-state index contributed by atoms with van der Waals surface area (Å²) >= 11 is 3.36. The van der Waals surface area contributed by atoms with Gasteiger partial charge in [0.05, 0.1) is 5.41 Å². The molecule has 0 saturated carbocycles. The van der Waals surface area contributed by atoms with Crippen molar-refractivity contribution in [2.75, 3.05) is 0 Å². The van der Waals surface area contributed by atoms with Crippen LogP contribution < -0.4 is 0 Å². The van der Waals surface area contributed by atoms with E-state index in [2.05, 4.69) is 15.9 Å². The fraction of sp³-hybridized carbons (Fsp3) is 0.417. The molecule has 0 heterocycles. The van der Waals surface area contributed by atoms with Crippen molar-refractivity contribution in [1.29, 1.82) is 0 Å². The van der Waals surface area contributed by atoms with Gasteiger partial charge in [0.2, 0.25) is 0 Å². The summed E-state index contributed by atoms with van der Waals surface area (Å²) in [5.74, 6) is -0.762. The van der Waals surface area contributed by atoms with Gasteiger partial charge >= 0.3 is 5.97 Å².